The van der Waals surface area contributed by atoms with Crippen LogP contribution < -0.4 is 0 Å². The first kappa shape index (κ1) is 6.92. The number of hydrogen-bond donors (Lipinski definition) is 0. The van der Waals surface area contributed by atoms with Crippen LogP contribution in [-0.4, -0.2) is 11.3 Å². The van der Waals surface area contributed by atoms with Crippen molar-refractivity contribution in [1.29, 1.82) is 0 Å². The van der Waals surface area contributed by atoms with Crippen molar-refractivity contribution in [2.24, 2.45) is 0 Å². The van der Waals surface area contributed by atoms with Crippen LogP contribution in [0, 0.1) is 0 Å². The molecular weight excluding hydrogens is 156 g/mol. The van der Waals surface area contributed by atoms with Gasteiger partial charge in [0.05, 0.1) is 7.11 Å². The third-order valence-electron chi connectivity index (χ3n) is 0.811. The van der Waals surface area contributed by atoms with Crippen LogP contribution in [0.5, 0.6) is 0 Å². The van der Waals surface area contributed by atoms with E-state index in [1.54, 1.807) is 6.07 Å². The van der Waals surface area contributed by atoms with Gasteiger partial charge in [0.1, 0.15) is 4.21 Å². The lowest BCUT2D eigenvalue weighted by Crippen LogP contribution is -1.87. The minimum Gasteiger partial charge on any atom is -0.289 e. The molecule has 0 bridgehead atoms. The Kier molecular flexibility index (Phi) is 2.38. The summed E-state index contributed by atoms with van der Waals surface area (Å²) in [6.07, 6.45) is 0. The topological polar surface area (TPSA) is 26.3 Å². The first-order valence-electron chi connectivity index (χ1n) is 2.34. The standard InChI is InChI=1S/C5H6O2S2/c1-7-9(6)5-3-2-4-8-5/h2-4H,1H3. The average Bonchev–Trinajstić information content (AvgIpc) is 2.37. The summed E-state index contributed by atoms with van der Waals surface area (Å²) in [5.74, 6) is 0. The van der Waals surface area contributed by atoms with Gasteiger partial charge in [-0.25, -0.2) is 4.21 Å². The van der Waals surface area contributed by atoms with E-state index in [1.807, 2.05) is 11.4 Å². The molecule has 2 nitrogen and oxygen atoms in total. The van der Waals surface area contributed by atoms with Gasteiger partial charge < -0.3 is 0 Å². The SMILES string of the molecule is COS(=O)c1cccs1. The number of thiophene rings is 1. The van der Waals surface area contributed by atoms with Crippen molar-refractivity contribution in [2.45, 2.75) is 4.21 Å². The largest absolute Gasteiger partial charge is 0.289 e. The molecule has 0 fully saturated rings. The average molecular weight is 162 g/mol. The molecule has 4 heteroatoms. The maximum Gasteiger partial charge on any atom is 0.199 e. The van der Waals surface area contributed by atoms with E-state index in [-0.39, 0.29) is 0 Å². The van der Waals surface area contributed by atoms with Crippen molar-refractivity contribution in [3.05, 3.63) is 17.5 Å². The summed E-state index contributed by atoms with van der Waals surface area (Å²) in [7, 11) is 1.43. The van der Waals surface area contributed by atoms with E-state index in [2.05, 4.69) is 4.18 Å². The van der Waals surface area contributed by atoms with Crippen LogP contribution in [0.2, 0.25) is 0 Å². The van der Waals surface area contributed by atoms with Gasteiger partial charge in [0.25, 0.3) is 0 Å². The van der Waals surface area contributed by atoms with Crippen LogP contribution in [0.1, 0.15) is 0 Å². The molecule has 0 aliphatic rings. The molecule has 0 aliphatic carbocycles. The van der Waals surface area contributed by atoms with Crippen molar-refractivity contribution in [2.75, 3.05) is 7.11 Å². The predicted molar refractivity (Wildman–Crippen MR) is 37.7 cm³/mol. The lowest BCUT2D eigenvalue weighted by molar-refractivity contribution is 0.447. The quantitative estimate of drug-likeness (QED) is 0.657. The highest BCUT2D eigenvalue weighted by Gasteiger charge is 2.00. The van der Waals surface area contributed by atoms with Crippen LogP contribution in [0.25, 0.3) is 0 Å². The smallest absolute Gasteiger partial charge is 0.199 e. The van der Waals surface area contributed by atoms with Gasteiger partial charge in [-0.2, -0.15) is 0 Å². The highest BCUT2D eigenvalue weighted by atomic mass is 32.2. The van der Waals surface area contributed by atoms with Crippen molar-refractivity contribution >= 4 is 22.4 Å². The van der Waals surface area contributed by atoms with E-state index in [4.69, 9.17) is 0 Å². The third kappa shape index (κ3) is 1.61. The molecule has 0 aromatic carbocycles. The fourth-order valence-electron chi connectivity index (χ4n) is 0.440. The van der Waals surface area contributed by atoms with Crippen LogP contribution in [0.15, 0.2) is 21.7 Å². The second kappa shape index (κ2) is 3.10. The van der Waals surface area contributed by atoms with E-state index in [1.165, 1.54) is 18.4 Å². The second-order valence-electron chi connectivity index (χ2n) is 1.33. The van der Waals surface area contributed by atoms with Gasteiger partial charge in [-0.05, 0) is 11.4 Å². The Labute approximate surface area is 60.1 Å². The van der Waals surface area contributed by atoms with E-state index in [0.29, 0.717) is 0 Å². The maximum atomic E-state index is 10.8. The summed E-state index contributed by atoms with van der Waals surface area (Å²) in [5.41, 5.74) is 0. The summed E-state index contributed by atoms with van der Waals surface area (Å²) in [5, 5.41) is 1.87. The van der Waals surface area contributed by atoms with Gasteiger partial charge in [0.2, 0.25) is 0 Å². The minimum atomic E-state index is -1.24. The lowest BCUT2D eigenvalue weighted by Gasteiger charge is -1.89. The molecule has 0 saturated heterocycles. The van der Waals surface area contributed by atoms with Gasteiger partial charge in [-0.15, -0.1) is 11.3 Å². The van der Waals surface area contributed by atoms with Gasteiger partial charge in [-0.1, -0.05) is 6.07 Å². The molecule has 0 saturated carbocycles. The first-order chi connectivity index (χ1) is 4.34. The molecule has 9 heavy (non-hydrogen) atoms. The van der Waals surface area contributed by atoms with Crippen molar-refractivity contribution in [3.63, 3.8) is 0 Å². The van der Waals surface area contributed by atoms with E-state index in [0.717, 1.165) is 4.21 Å². The molecule has 1 unspecified atom stereocenters. The summed E-state index contributed by atoms with van der Waals surface area (Å²) in [4.78, 5) is 0. The summed E-state index contributed by atoms with van der Waals surface area (Å²) >= 11 is 0.190. The fraction of sp³-hybridized carbons (Fsp3) is 0.200. The molecule has 1 heterocycles. The van der Waals surface area contributed by atoms with Crippen molar-refractivity contribution in [1.82, 2.24) is 0 Å². The maximum absolute atomic E-state index is 10.8. The molecule has 1 atom stereocenters. The monoisotopic (exact) mass is 162 g/mol. The molecular formula is C5H6O2S2. The molecule has 0 spiro atoms. The number of hydrogen-bond acceptors (Lipinski definition) is 3. The zero-order valence-electron chi connectivity index (χ0n) is 4.87. The van der Waals surface area contributed by atoms with Gasteiger partial charge in [0.15, 0.2) is 11.1 Å². The molecule has 1 aromatic heterocycles. The van der Waals surface area contributed by atoms with Crippen LogP contribution in [0.3, 0.4) is 0 Å². The molecule has 1 rings (SSSR count). The normalized spacial score (nSPS) is 13.4. The van der Waals surface area contributed by atoms with Crippen molar-refractivity contribution < 1.29 is 8.39 Å². The van der Waals surface area contributed by atoms with Crippen LogP contribution >= 0.6 is 11.3 Å². The van der Waals surface area contributed by atoms with Crippen molar-refractivity contribution in [3.8, 4) is 0 Å². The van der Waals surface area contributed by atoms with Gasteiger partial charge in [0, 0.05) is 0 Å². The second-order valence-corrected chi connectivity index (χ2v) is 3.78. The van der Waals surface area contributed by atoms with Crippen LogP contribution in [-0.2, 0) is 15.3 Å². The number of rotatable bonds is 2. The predicted octanol–water partition coefficient (Wildman–Crippen LogP) is 1.42. The summed E-state index contributed by atoms with van der Waals surface area (Å²) in [6, 6.07) is 3.63. The summed E-state index contributed by atoms with van der Waals surface area (Å²) < 4.78 is 16.1. The molecule has 0 N–H and O–H groups in total. The highest BCUT2D eigenvalue weighted by Crippen LogP contribution is 2.13. The molecule has 50 valence electrons. The van der Waals surface area contributed by atoms with E-state index < -0.39 is 11.1 Å². The zero-order valence-corrected chi connectivity index (χ0v) is 6.50. The molecule has 0 amide bonds. The summed E-state index contributed by atoms with van der Waals surface area (Å²) in [6.45, 7) is 0. The Morgan fingerprint density at radius 1 is 1.78 bits per heavy atom. The Balaban J connectivity index is 2.77. The molecule has 0 radical (unpaired) electrons. The van der Waals surface area contributed by atoms with E-state index >= 15 is 0 Å². The van der Waals surface area contributed by atoms with Crippen LogP contribution in [0.4, 0.5) is 0 Å². The molecule has 1 aromatic rings. The lowest BCUT2D eigenvalue weighted by atomic mass is 10.7. The highest BCUT2D eigenvalue weighted by molar-refractivity contribution is 7.82. The minimum absolute atomic E-state index is 0.762. The van der Waals surface area contributed by atoms with E-state index in [9.17, 15) is 4.21 Å². The Morgan fingerprint density at radius 3 is 3.00 bits per heavy atom. The fourth-order valence-corrected chi connectivity index (χ4v) is 1.93. The molecule has 0 aliphatic heterocycles. The Hall–Kier alpha value is -0.190. The van der Waals surface area contributed by atoms with Gasteiger partial charge >= 0.3 is 0 Å². The third-order valence-corrected chi connectivity index (χ3v) is 2.94. The van der Waals surface area contributed by atoms with Gasteiger partial charge in [-0.3, -0.25) is 4.18 Å². The zero-order chi connectivity index (χ0) is 6.69. The Bertz CT molecular complexity index is 193. The Morgan fingerprint density at radius 2 is 2.56 bits per heavy atom. The first-order valence-corrected chi connectivity index (χ1v) is 4.30.